The van der Waals surface area contributed by atoms with Crippen molar-refractivity contribution in [3.05, 3.63) is 36.0 Å². The van der Waals surface area contributed by atoms with Crippen LogP contribution in [-0.4, -0.2) is 37.5 Å². The van der Waals surface area contributed by atoms with Gasteiger partial charge in [0.15, 0.2) is 5.82 Å². The molecule has 20 heavy (non-hydrogen) atoms. The molecular weight excluding hydrogens is 262 g/mol. The molecule has 0 bridgehead atoms. The van der Waals surface area contributed by atoms with E-state index in [1.807, 2.05) is 6.07 Å². The monoisotopic (exact) mass is 273 g/mol. The second kappa shape index (κ2) is 4.19. The molecule has 0 spiro atoms. The lowest BCUT2D eigenvalue weighted by Crippen LogP contribution is -2.37. The van der Waals surface area contributed by atoms with Gasteiger partial charge in [0, 0.05) is 0 Å². The topological polar surface area (TPSA) is 130 Å². The maximum absolute atomic E-state index is 10.1. The van der Waals surface area contributed by atoms with Gasteiger partial charge in [-0.3, -0.25) is 0 Å². The quantitative estimate of drug-likeness (QED) is 0.659. The van der Waals surface area contributed by atoms with Crippen LogP contribution in [0, 0.1) is 11.3 Å². The fraction of sp³-hybridized carbons (Fsp3) is 0.250. The first-order chi connectivity index (χ1) is 9.62. The van der Waals surface area contributed by atoms with Crippen LogP contribution in [0.1, 0.15) is 5.69 Å². The Bertz CT molecular complexity index is 747. The molecule has 4 N–H and O–H groups in total. The molecule has 2 atom stereocenters. The summed E-state index contributed by atoms with van der Waals surface area (Å²) >= 11 is 0. The van der Waals surface area contributed by atoms with E-state index >= 15 is 0 Å². The molecule has 8 nitrogen and oxygen atoms in total. The highest BCUT2D eigenvalue weighted by Gasteiger charge is 2.49. The number of aliphatic hydroxyl groups excluding tert-OH is 2. The highest BCUT2D eigenvalue weighted by Crippen LogP contribution is 2.38. The SMILES string of the molecule is N#C[C@@]1(c2ccc3c(N)ncnn23)OC(CO)=C[C@H]1O. The third-order valence-corrected chi connectivity index (χ3v) is 3.24. The van der Waals surface area contributed by atoms with Crippen LogP contribution in [0.5, 0.6) is 0 Å². The molecule has 102 valence electrons. The van der Waals surface area contributed by atoms with Crippen molar-refractivity contribution in [2.24, 2.45) is 0 Å². The van der Waals surface area contributed by atoms with Crippen LogP contribution >= 0.6 is 0 Å². The van der Waals surface area contributed by atoms with Gasteiger partial charge in [-0.05, 0) is 18.2 Å². The Morgan fingerprint density at radius 2 is 2.35 bits per heavy atom. The third kappa shape index (κ3) is 1.48. The highest BCUT2D eigenvalue weighted by atomic mass is 16.5. The van der Waals surface area contributed by atoms with E-state index in [-0.39, 0.29) is 11.6 Å². The summed E-state index contributed by atoms with van der Waals surface area (Å²) in [5, 5.41) is 32.7. The maximum atomic E-state index is 10.1. The van der Waals surface area contributed by atoms with Crippen molar-refractivity contribution in [2.75, 3.05) is 12.3 Å². The second-order valence-electron chi connectivity index (χ2n) is 4.35. The molecule has 3 heterocycles. The molecule has 0 aromatic carbocycles. The minimum absolute atomic E-state index is 0.135. The molecule has 2 aromatic heterocycles. The van der Waals surface area contributed by atoms with E-state index in [0.717, 1.165) is 0 Å². The van der Waals surface area contributed by atoms with Crippen LogP contribution in [0.3, 0.4) is 0 Å². The number of nitrogens with zero attached hydrogens (tertiary/aromatic N) is 4. The lowest BCUT2D eigenvalue weighted by molar-refractivity contribution is -0.0203. The van der Waals surface area contributed by atoms with Crippen molar-refractivity contribution in [2.45, 2.75) is 11.7 Å². The summed E-state index contributed by atoms with van der Waals surface area (Å²) in [6, 6.07) is 5.17. The molecule has 0 unspecified atom stereocenters. The number of nitriles is 1. The zero-order valence-corrected chi connectivity index (χ0v) is 10.3. The maximum Gasteiger partial charge on any atom is 0.264 e. The Kier molecular flexibility index (Phi) is 2.60. The zero-order valence-electron chi connectivity index (χ0n) is 10.3. The lowest BCUT2D eigenvalue weighted by atomic mass is 9.96. The Morgan fingerprint density at radius 3 is 3.00 bits per heavy atom. The van der Waals surface area contributed by atoms with E-state index in [2.05, 4.69) is 10.1 Å². The van der Waals surface area contributed by atoms with E-state index in [4.69, 9.17) is 15.6 Å². The van der Waals surface area contributed by atoms with Gasteiger partial charge in [0.1, 0.15) is 42.1 Å². The number of aliphatic hydroxyl groups is 2. The number of rotatable bonds is 2. The summed E-state index contributed by atoms with van der Waals surface area (Å²) < 4.78 is 6.82. The summed E-state index contributed by atoms with van der Waals surface area (Å²) in [5.41, 5.74) is 4.89. The normalized spacial score (nSPS) is 25.2. The van der Waals surface area contributed by atoms with E-state index in [1.54, 1.807) is 12.1 Å². The molecule has 1 aliphatic rings. The third-order valence-electron chi connectivity index (χ3n) is 3.24. The van der Waals surface area contributed by atoms with E-state index in [9.17, 15) is 10.4 Å². The Labute approximate surface area is 113 Å². The first-order valence-corrected chi connectivity index (χ1v) is 5.81. The zero-order chi connectivity index (χ0) is 14.3. The van der Waals surface area contributed by atoms with E-state index < -0.39 is 18.3 Å². The summed E-state index contributed by atoms with van der Waals surface area (Å²) in [7, 11) is 0. The largest absolute Gasteiger partial charge is 0.465 e. The van der Waals surface area contributed by atoms with Crippen molar-refractivity contribution in [1.82, 2.24) is 14.6 Å². The van der Waals surface area contributed by atoms with Gasteiger partial charge in [0.2, 0.25) is 0 Å². The predicted octanol–water partition coefficient (Wildman–Crippen LogP) is -0.702. The molecule has 1 aliphatic heterocycles. The van der Waals surface area contributed by atoms with E-state index in [0.29, 0.717) is 11.2 Å². The summed E-state index contributed by atoms with van der Waals surface area (Å²) in [4.78, 5) is 3.85. The van der Waals surface area contributed by atoms with Crippen molar-refractivity contribution in [3.63, 3.8) is 0 Å². The van der Waals surface area contributed by atoms with Gasteiger partial charge in [0.05, 0.1) is 0 Å². The molecule has 0 saturated carbocycles. The van der Waals surface area contributed by atoms with Crippen LogP contribution < -0.4 is 5.73 Å². The fourth-order valence-corrected chi connectivity index (χ4v) is 2.26. The van der Waals surface area contributed by atoms with Crippen LogP contribution in [0.4, 0.5) is 5.82 Å². The van der Waals surface area contributed by atoms with Gasteiger partial charge < -0.3 is 20.7 Å². The number of hydrogen-bond donors (Lipinski definition) is 3. The number of nitrogens with two attached hydrogens (primary N) is 1. The molecule has 0 amide bonds. The molecular formula is C12H11N5O3. The first-order valence-electron chi connectivity index (χ1n) is 5.81. The van der Waals surface area contributed by atoms with Crippen LogP contribution in [-0.2, 0) is 10.3 Å². The van der Waals surface area contributed by atoms with Crippen molar-refractivity contribution < 1.29 is 14.9 Å². The minimum atomic E-state index is -1.66. The number of hydrogen-bond acceptors (Lipinski definition) is 7. The van der Waals surface area contributed by atoms with Crippen molar-refractivity contribution in [3.8, 4) is 6.07 Å². The lowest BCUT2D eigenvalue weighted by Gasteiger charge is -2.24. The van der Waals surface area contributed by atoms with Crippen LogP contribution in [0.2, 0.25) is 0 Å². The molecule has 3 rings (SSSR count). The molecule has 8 heteroatoms. The van der Waals surface area contributed by atoms with Gasteiger partial charge in [-0.15, -0.1) is 0 Å². The number of anilines is 1. The molecule has 0 aliphatic carbocycles. The van der Waals surface area contributed by atoms with E-state index in [1.165, 1.54) is 16.9 Å². The predicted molar refractivity (Wildman–Crippen MR) is 67.0 cm³/mol. The van der Waals surface area contributed by atoms with Crippen LogP contribution in [0.15, 0.2) is 30.3 Å². The minimum Gasteiger partial charge on any atom is -0.465 e. The number of ether oxygens (including phenoxy) is 1. The fourth-order valence-electron chi connectivity index (χ4n) is 2.26. The number of nitrogen functional groups attached to an aromatic ring is 1. The number of fused-ring (bicyclic) bond motifs is 1. The Morgan fingerprint density at radius 1 is 1.55 bits per heavy atom. The number of aromatic nitrogens is 3. The summed E-state index contributed by atoms with van der Waals surface area (Å²) in [6.45, 7) is -0.402. The highest BCUT2D eigenvalue weighted by molar-refractivity contribution is 5.66. The van der Waals surface area contributed by atoms with Gasteiger partial charge in [-0.25, -0.2) is 9.50 Å². The summed E-state index contributed by atoms with van der Waals surface area (Å²) in [5.74, 6) is 0.387. The van der Waals surface area contributed by atoms with Gasteiger partial charge in [-0.1, -0.05) is 0 Å². The first kappa shape index (κ1) is 12.4. The second-order valence-corrected chi connectivity index (χ2v) is 4.35. The smallest absolute Gasteiger partial charge is 0.264 e. The summed E-state index contributed by atoms with van der Waals surface area (Å²) in [6.07, 6.45) is 1.33. The van der Waals surface area contributed by atoms with Crippen LogP contribution in [0.25, 0.3) is 5.52 Å². The molecule has 2 aromatic rings. The Balaban J connectivity index is 2.20. The standard InChI is InChI=1S/C12H11N5O3/c13-5-12(10(19)3-7(4-18)20-12)9-2-1-8-11(14)15-6-16-17(8)9/h1-3,6,10,18-19H,4H2,(H2,14,15,16)/t10-,12+/m1/s1. The molecule has 0 saturated heterocycles. The average Bonchev–Trinajstić information content (AvgIpc) is 3.01. The average molecular weight is 273 g/mol. The van der Waals surface area contributed by atoms with Gasteiger partial charge >= 0.3 is 0 Å². The van der Waals surface area contributed by atoms with Gasteiger partial charge in [-0.2, -0.15) is 10.4 Å². The molecule has 0 radical (unpaired) electrons. The van der Waals surface area contributed by atoms with Gasteiger partial charge in [0.25, 0.3) is 5.60 Å². The molecule has 0 fully saturated rings. The van der Waals surface area contributed by atoms with Crippen molar-refractivity contribution >= 4 is 11.3 Å². The van der Waals surface area contributed by atoms with Crippen molar-refractivity contribution in [1.29, 1.82) is 5.26 Å². The Hall–Kier alpha value is -2.63.